The van der Waals surface area contributed by atoms with Crippen molar-refractivity contribution >= 4 is 29.0 Å². The Kier molecular flexibility index (Phi) is 5.67. The van der Waals surface area contributed by atoms with E-state index in [-0.39, 0.29) is 6.03 Å². The van der Waals surface area contributed by atoms with Gasteiger partial charge >= 0.3 is 6.03 Å². The fourth-order valence-electron chi connectivity index (χ4n) is 1.72. The van der Waals surface area contributed by atoms with Crippen molar-refractivity contribution in [2.24, 2.45) is 5.92 Å². The molecule has 0 aliphatic rings. The van der Waals surface area contributed by atoms with Gasteiger partial charge in [0, 0.05) is 16.4 Å². The summed E-state index contributed by atoms with van der Waals surface area (Å²) < 4.78 is 5.59. The zero-order valence-electron chi connectivity index (χ0n) is 12.6. The van der Waals surface area contributed by atoms with E-state index in [0.717, 1.165) is 5.75 Å². The molecule has 0 aliphatic carbocycles. The number of amides is 2. The van der Waals surface area contributed by atoms with E-state index in [4.69, 9.17) is 16.3 Å². The standard InChI is InChI=1S/C17H19ClN2O2/c1-12(2)11-22-16-9-7-15(8-10-16)20-17(21)19-14-5-3-13(18)4-6-14/h3-10,12H,11H2,1-2H3,(H2,19,20,21). The molecule has 0 bridgehead atoms. The van der Waals surface area contributed by atoms with E-state index in [9.17, 15) is 4.79 Å². The van der Waals surface area contributed by atoms with Crippen molar-refractivity contribution in [3.05, 3.63) is 53.6 Å². The third kappa shape index (κ3) is 5.30. The molecule has 0 unspecified atom stereocenters. The molecule has 2 aromatic carbocycles. The Morgan fingerprint density at radius 1 is 1.00 bits per heavy atom. The van der Waals surface area contributed by atoms with Gasteiger partial charge in [-0.3, -0.25) is 0 Å². The summed E-state index contributed by atoms with van der Waals surface area (Å²) in [6.07, 6.45) is 0. The molecule has 22 heavy (non-hydrogen) atoms. The van der Waals surface area contributed by atoms with E-state index in [1.54, 1.807) is 36.4 Å². The van der Waals surface area contributed by atoms with Crippen molar-refractivity contribution in [1.82, 2.24) is 0 Å². The van der Waals surface area contributed by atoms with Crippen molar-refractivity contribution in [1.29, 1.82) is 0 Å². The van der Waals surface area contributed by atoms with Crippen molar-refractivity contribution in [2.45, 2.75) is 13.8 Å². The minimum Gasteiger partial charge on any atom is -0.493 e. The van der Waals surface area contributed by atoms with Crippen LogP contribution in [0.15, 0.2) is 48.5 Å². The van der Waals surface area contributed by atoms with Crippen LogP contribution in [0.5, 0.6) is 5.75 Å². The fraction of sp³-hybridized carbons (Fsp3) is 0.235. The summed E-state index contributed by atoms with van der Waals surface area (Å²) in [5.41, 5.74) is 1.38. The van der Waals surface area contributed by atoms with Gasteiger partial charge in [0.05, 0.1) is 6.61 Å². The molecule has 0 radical (unpaired) electrons. The number of ether oxygens (including phenoxy) is 1. The quantitative estimate of drug-likeness (QED) is 0.813. The minimum absolute atomic E-state index is 0.307. The molecule has 116 valence electrons. The third-order valence-electron chi connectivity index (χ3n) is 2.80. The fourth-order valence-corrected chi connectivity index (χ4v) is 1.85. The molecule has 2 N–H and O–H groups in total. The lowest BCUT2D eigenvalue weighted by molar-refractivity contribution is 0.262. The lowest BCUT2D eigenvalue weighted by Gasteiger charge is -2.10. The molecule has 0 heterocycles. The molecule has 5 heteroatoms. The number of hydrogen-bond donors (Lipinski definition) is 2. The first-order valence-corrected chi connectivity index (χ1v) is 7.47. The van der Waals surface area contributed by atoms with Crippen LogP contribution in [0.2, 0.25) is 5.02 Å². The number of halogens is 1. The summed E-state index contributed by atoms with van der Waals surface area (Å²) in [5, 5.41) is 6.12. The van der Waals surface area contributed by atoms with E-state index < -0.39 is 0 Å². The maximum atomic E-state index is 11.9. The van der Waals surface area contributed by atoms with Gasteiger partial charge in [-0.05, 0) is 54.4 Å². The molecule has 2 aromatic rings. The highest BCUT2D eigenvalue weighted by atomic mass is 35.5. The maximum Gasteiger partial charge on any atom is 0.323 e. The summed E-state index contributed by atoms with van der Waals surface area (Å²) in [6, 6.07) is 13.9. The predicted molar refractivity (Wildman–Crippen MR) is 90.9 cm³/mol. The van der Waals surface area contributed by atoms with Crippen LogP contribution in [0.4, 0.5) is 16.2 Å². The molecule has 0 saturated carbocycles. The van der Waals surface area contributed by atoms with Gasteiger partial charge in [0.2, 0.25) is 0 Å². The van der Waals surface area contributed by atoms with Gasteiger partial charge in [0.25, 0.3) is 0 Å². The van der Waals surface area contributed by atoms with Crippen molar-refractivity contribution in [2.75, 3.05) is 17.2 Å². The molecule has 0 fully saturated rings. The highest BCUT2D eigenvalue weighted by Gasteiger charge is 2.03. The molecule has 0 atom stereocenters. The van der Waals surface area contributed by atoms with Crippen LogP contribution in [-0.2, 0) is 0 Å². The zero-order valence-corrected chi connectivity index (χ0v) is 13.4. The highest BCUT2D eigenvalue weighted by molar-refractivity contribution is 6.30. The van der Waals surface area contributed by atoms with Crippen LogP contribution in [0.3, 0.4) is 0 Å². The summed E-state index contributed by atoms with van der Waals surface area (Å²) in [6.45, 7) is 4.86. The van der Waals surface area contributed by atoms with Crippen LogP contribution in [0.1, 0.15) is 13.8 Å². The summed E-state index contributed by atoms with van der Waals surface area (Å²) in [4.78, 5) is 11.9. The number of hydrogen-bond acceptors (Lipinski definition) is 2. The third-order valence-corrected chi connectivity index (χ3v) is 3.05. The number of nitrogens with one attached hydrogen (secondary N) is 2. The van der Waals surface area contributed by atoms with Gasteiger partial charge in [0.1, 0.15) is 5.75 Å². The van der Waals surface area contributed by atoms with Gasteiger partial charge in [-0.1, -0.05) is 25.4 Å². The Balaban J connectivity index is 1.87. The number of rotatable bonds is 5. The van der Waals surface area contributed by atoms with E-state index in [2.05, 4.69) is 24.5 Å². The summed E-state index contributed by atoms with van der Waals surface area (Å²) in [5.74, 6) is 1.26. The van der Waals surface area contributed by atoms with Crippen LogP contribution in [0.25, 0.3) is 0 Å². The SMILES string of the molecule is CC(C)COc1ccc(NC(=O)Nc2ccc(Cl)cc2)cc1. The monoisotopic (exact) mass is 318 g/mol. The molecule has 0 aromatic heterocycles. The number of urea groups is 1. The van der Waals surface area contributed by atoms with Crippen LogP contribution < -0.4 is 15.4 Å². The van der Waals surface area contributed by atoms with E-state index >= 15 is 0 Å². The van der Waals surface area contributed by atoms with E-state index in [0.29, 0.717) is 28.9 Å². The Hall–Kier alpha value is -2.20. The summed E-state index contributed by atoms with van der Waals surface area (Å²) >= 11 is 5.80. The average Bonchev–Trinajstić information content (AvgIpc) is 2.49. The lowest BCUT2D eigenvalue weighted by atomic mass is 10.2. The summed E-state index contributed by atoms with van der Waals surface area (Å²) in [7, 11) is 0. The number of anilines is 2. The Morgan fingerprint density at radius 2 is 1.50 bits per heavy atom. The predicted octanol–water partition coefficient (Wildman–Crippen LogP) is 5.02. The second-order valence-electron chi connectivity index (χ2n) is 5.32. The van der Waals surface area contributed by atoms with E-state index in [1.807, 2.05) is 12.1 Å². The molecular weight excluding hydrogens is 300 g/mol. The molecule has 2 rings (SSSR count). The molecule has 0 aliphatic heterocycles. The maximum absolute atomic E-state index is 11.9. The Labute approximate surface area is 135 Å². The lowest BCUT2D eigenvalue weighted by Crippen LogP contribution is -2.19. The molecule has 4 nitrogen and oxygen atoms in total. The molecule has 0 saturated heterocycles. The van der Waals surface area contributed by atoms with Crippen LogP contribution in [0, 0.1) is 5.92 Å². The first kappa shape index (κ1) is 16.2. The topological polar surface area (TPSA) is 50.4 Å². The molecular formula is C17H19ClN2O2. The zero-order chi connectivity index (χ0) is 15.9. The van der Waals surface area contributed by atoms with Crippen molar-refractivity contribution in [3.63, 3.8) is 0 Å². The van der Waals surface area contributed by atoms with Gasteiger partial charge in [-0.15, -0.1) is 0 Å². The van der Waals surface area contributed by atoms with Gasteiger partial charge in [0.15, 0.2) is 0 Å². The van der Waals surface area contributed by atoms with Crippen LogP contribution in [-0.4, -0.2) is 12.6 Å². The van der Waals surface area contributed by atoms with Crippen molar-refractivity contribution < 1.29 is 9.53 Å². The Bertz CT molecular complexity index is 610. The largest absolute Gasteiger partial charge is 0.493 e. The van der Waals surface area contributed by atoms with Crippen molar-refractivity contribution in [3.8, 4) is 5.75 Å². The second kappa shape index (κ2) is 7.71. The normalized spacial score (nSPS) is 10.4. The first-order chi connectivity index (χ1) is 10.5. The molecule has 0 spiro atoms. The van der Waals surface area contributed by atoms with Crippen LogP contribution >= 0.6 is 11.6 Å². The number of carbonyl (C=O) groups is 1. The molecule has 2 amide bonds. The number of benzene rings is 2. The number of carbonyl (C=O) groups excluding carboxylic acids is 1. The van der Waals surface area contributed by atoms with Gasteiger partial charge in [-0.2, -0.15) is 0 Å². The second-order valence-corrected chi connectivity index (χ2v) is 5.75. The average molecular weight is 319 g/mol. The first-order valence-electron chi connectivity index (χ1n) is 7.09. The van der Waals surface area contributed by atoms with Gasteiger partial charge < -0.3 is 15.4 Å². The Morgan fingerprint density at radius 3 is 2.00 bits per heavy atom. The highest BCUT2D eigenvalue weighted by Crippen LogP contribution is 2.17. The van der Waals surface area contributed by atoms with Gasteiger partial charge in [-0.25, -0.2) is 4.79 Å². The van der Waals surface area contributed by atoms with E-state index in [1.165, 1.54) is 0 Å². The minimum atomic E-state index is -0.307. The smallest absolute Gasteiger partial charge is 0.323 e.